The molecule has 1 unspecified atom stereocenters. The number of amides is 2. The van der Waals surface area contributed by atoms with E-state index in [9.17, 15) is 18.0 Å². The fourth-order valence-corrected chi connectivity index (χ4v) is 4.11. The number of para-hydroxylation sites is 2. The second-order valence-electron chi connectivity index (χ2n) is 6.39. The number of carbonyl (C=O) groups excluding carboxylic acids is 1. The van der Waals surface area contributed by atoms with Crippen molar-refractivity contribution in [2.24, 2.45) is 0 Å². The highest BCUT2D eigenvalue weighted by molar-refractivity contribution is 7.15. The molecule has 7 nitrogen and oxygen atoms in total. The summed E-state index contributed by atoms with van der Waals surface area (Å²) in [6.07, 6.45) is -3.06. The van der Waals surface area contributed by atoms with Crippen LogP contribution < -0.4 is 5.32 Å². The SMILES string of the molecule is CCn1c(C2CCCN2C(=O)Nc2nnc(C(F)(F)F)s2)nc2ccccc21. The largest absolute Gasteiger partial charge is 0.445 e. The van der Waals surface area contributed by atoms with Gasteiger partial charge in [0.15, 0.2) is 0 Å². The van der Waals surface area contributed by atoms with E-state index in [1.54, 1.807) is 4.90 Å². The number of alkyl halides is 3. The summed E-state index contributed by atoms with van der Waals surface area (Å²) in [6, 6.07) is 7.00. The summed E-state index contributed by atoms with van der Waals surface area (Å²) < 4.78 is 40.1. The number of imidazole rings is 1. The van der Waals surface area contributed by atoms with Crippen molar-refractivity contribution in [1.29, 1.82) is 0 Å². The molecule has 2 amide bonds. The van der Waals surface area contributed by atoms with Gasteiger partial charge in [-0.15, -0.1) is 10.2 Å². The van der Waals surface area contributed by atoms with Crippen molar-refractivity contribution in [3.05, 3.63) is 35.1 Å². The minimum absolute atomic E-state index is 0.174. The first-order chi connectivity index (χ1) is 13.4. The first kappa shape index (κ1) is 18.7. The Labute approximate surface area is 162 Å². The van der Waals surface area contributed by atoms with Crippen molar-refractivity contribution in [2.75, 3.05) is 11.9 Å². The van der Waals surface area contributed by atoms with Gasteiger partial charge in [0.2, 0.25) is 10.1 Å². The number of urea groups is 1. The summed E-state index contributed by atoms with van der Waals surface area (Å²) in [6.45, 7) is 3.21. The zero-order valence-corrected chi connectivity index (χ0v) is 15.7. The first-order valence-corrected chi connectivity index (χ1v) is 9.63. The zero-order valence-electron chi connectivity index (χ0n) is 14.9. The van der Waals surface area contributed by atoms with E-state index in [4.69, 9.17) is 4.98 Å². The lowest BCUT2D eigenvalue weighted by molar-refractivity contribution is -0.138. The van der Waals surface area contributed by atoms with Crippen molar-refractivity contribution >= 4 is 33.5 Å². The highest BCUT2D eigenvalue weighted by Crippen LogP contribution is 2.35. The third-order valence-corrected chi connectivity index (χ3v) is 5.58. The molecule has 0 aliphatic carbocycles. The lowest BCUT2D eigenvalue weighted by atomic mass is 10.2. The number of halogens is 3. The van der Waals surface area contributed by atoms with Gasteiger partial charge in [-0.2, -0.15) is 13.2 Å². The summed E-state index contributed by atoms with van der Waals surface area (Å²) in [5.41, 5.74) is 1.84. The number of aryl methyl sites for hydroxylation is 1. The summed E-state index contributed by atoms with van der Waals surface area (Å²) in [5, 5.41) is 7.70. The van der Waals surface area contributed by atoms with Gasteiger partial charge in [0.1, 0.15) is 5.82 Å². The van der Waals surface area contributed by atoms with Crippen LogP contribution in [0.1, 0.15) is 36.6 Å². The lowest BCUT2D eigenvalue weighted by Crippen LogP contribution is -2.35. The van der Waals surface area contributed by atoms with Crippen LogP contribution in [0, 0.1) is 0 Å². The minimum atomic E-state index is -4.58. The van der Waals surface area contributed by atoms with Crippen molar-refractivity contribution in [3.63, 3.8) is 0 Å². The molecule has 1 saturated heterocycles. The monoisotopic (exact) mass is 410 g/mol. The van der Waals surface area contributed by atoms with E-state index >= 15 is 0 Å². The predicted molar refractivity (Wildman–Crippen MR) is 98.0 cm³/mol. The van der Waals surface area contributed by atoms with Gasteiger partial charge in [0, 0.05) is 13.1 Å². The number of hydrogen-bond acceptors (Lipinski definition) is 5. The van der Waals surface area contributed by atoms with E-state index in [0.717, 1.165) is 29.7 Å². The number of benzene rings is 1. The smallest absolute Gasteiger partial charge is 0.327 e. The Hall–Kier alpha value is -2.69. The molecule has 3 heterocycles. The number of rotatable bonds is 3. The number of hydrogen-bond donors (Lipinski definition) is 1. The van der Waals surface area contributed by atoms with Gasteiger partial charge < -0.3 is 9.47 Å². The fourth-order valence-electron chi connectivity index (χ4n) is 3.51. The van der Waals surface area contributed by atoms with Gasteiger partial charge in [-0.25, -0.2) is 9.78 Å². The van der Waals surface area contributed by atoms with Crippen LogP contribution in [0.5, 0.6) is 0 Å². The normalized spacial score (nSPS) is 17.4. The average Bonchev–Trinajstić information content (AvgIpc) is 3.38. The van der Waals surface area contributed by atoms with Crippen molar-refractivity contribution in [1.82, 2.24) is 24.6 Å². The molecule has 1 fully saturated rings. The van der Waals surface area contributed by atoms with E-state index in [-0.39, 0.29) is 11.2 Å². The maximum Gasteiger partial charge on any atom is 0.445 e. The van der Waals surface area contributed by atoms with Crippen LogP contribution in [0.2, 0.25) is 0 Å². The second kappa shape index (κ2) is 7.04. The standard InChI is InChI=1S/C17H17F3N6OS/c1-2-25-11-7-4-3-6-10(11)21-13(25)12-8-5-9-26(12)16(27)22-15-24-23-14(28-15)17(18,19)20/h3-4,6-7,12H,2,5,8-9H2,1H3,(H,22,24,27). The Balaban J connectivity index is 1.58. The molecule has 2 aromatic heterocycles. The van der Waals surface area contributed by atoms with Crippen LogP contribution in [-0.4, -0.2) is 37.2 Å². The molecular weight excluding hydrogens is 393 g/mol. The molecule has 1 atom stereocenters. The molecule has 1 aliphatic heterocycles. The Bertz CT molecular complexity index is 1010. The predicted octanol–water partition coefficient (Wildman–Crippen LogP) is 4.30. The van der Waals surface area contributed by atoms with E-state index < -0.39 is 17.2 Å². The zero-order chi connectivity index (χ0) is 19.9. The van der Waals surface area contributed by atoms with Crippen LogP contribution in [0.3, 0.4) is 0 Å². The molecule has 0 bridgehead atoms. The van der Waals surface area contributed by atoms with Gasteiger partial charge in [0.25, 0.3) is 0 Å². The van der Waals surface area contributed by atoms with Gasteiger partial charge in [-0.1, -0.05) is 23.5 Å². The van der Waals surface area contributed by atoms with Crippen molar-refractivity contribution in [2.45, 2.75) is 38.5 Å². The van der Waals surface area contributed by atoms with Gasteiger partial charge >= 0.3 is 12.2 Å². The molecular formula is C17H17F3N6OS. The van der Waals surface area contributed by atoms with Crippen LogP contribution in [0.25, 0.3) is 11.0 Å². The maximum absolute atomic E-state index is 12.7. The molecule has 0 saturated carbocycles. The highest BCUT2D eigenvalue weighted by atomic mass is 32.1. The topological polar surface area (TPSA) is 75.9 Å². The molecule has 4 rings (SSSR count). The number of nitrogens with one attached hydrogen (secondary N) is 1. The number of anilines is 1. The first-order valence-electron chi connectivity index (χ1n) is 8.82. The number of likely N-dealkylation sites (tertiary alicyclic amines) is 1. The Kier molecular flexibility index (Phi) is 4.69. The average molecular weight is 410 g/mol. The van der Waals surface area contributed by atoms with Crippen molar-refractivity contribution in [3.8, 4) is 0 Å². The molecule has 0 spiro atoms. The van der Waals surface area contributed by atoms with E-state index in [1.165, 1.54) is 0 Å². The lowest BCUT2D eigenvalue weighted by Gasteiger charge is -2.24. The second-order valence-corrected chi connectivity index (χ2v) is 7.37. The van der Waals surface area contributed by atoms with Crippen LogP contribution >= 0.6 is 11.3 Å². The molecule has 11 heteroatoms. The Morgan fingerprint density at radius 1 is 1.32 bits per heavy atom. The Morgan fingerprint density at radius 2 is 2.11 bits per heavy atom. The number of carbonyl (C=O) groups is 1. The summed E-state index contributed by atoms with van der Waals surface area (Å²) in [4.78, 5) is 19.0. The number of fused-ring (bicyclic) bond motifs is 1. The molecule has 0 radical (unpaired) electrons. The van der Waals surface area contributed by atoms with Crippen molar-refractivity contribution < 1.29 is 18.0 Å². The van der Waals surface area contributed by atoms with E-state index in [0.29, 0.717) is 24.4 Å². The minimum Gasteiger partial charge on any atom is -0.327 e. The summed E-state index contributed by atoms with van der Waals surface area (Å²) in [7, 11) is 0. The number of nitrogens with zero attached hydrogens (tertiary/aromatic N) is 5. The van der Waals surface area contributed by atoms with Gasteiger partial charge in [0.05, 0.1) is 17.1 Å². The summed E-state index contributed by atoms with van der Waals surface area (Å²) in [5.74, 6) is 0.782. The van der Waals surface area contributed by atoms with Crippen LogP contribution in [0.15, 0.2) is 24.3 Å². The van der Waals surface area contributed by atoms with Gasteiger partial charge in [-0.3, -0.25) is 5.32 Å². The molecule has 28 heavy (non-hydrogen) atoms. The third-order valence-electron chi connectivity index (χ3n) is 4.69. The molecule has 1 aliphatic rings. The van der Waals surface area contributed by atoms with E-state index in [2.05, 4.69) is 20.1 Å². The Morgan fingerprint density at radius 3 is 2.82 bits per heavy atom. The molecule has 3 aromatic rings. The van der Waals surface area contributed by atoms with E-state index in [1.807, 2.05) is 31.2 Å². The fraction of sp³-hybridized carbons (Fsp3) is 0.412. The quantitative estimate of drug-likeness (QED) is 0.699. The van der Waals surface area contributed by atoms with Gasteiger partial charge in [-0.05, 0) is 31.9 Å². The third kappa shape index (κ3) is 3.30. The molecule has 1 aromatic carbocycles. The summed E-state index contributed by atoms with van der Waals surface area (Å²) >= 11 is 0.309. The maximum atomic E-state index is 12.7. The van der Waals surface area contributed by atoms with Crippen LogP contribution in [-0.2, 0) is 12.7 Å². The number of aromatic nitrogens is 4. The molecule has 148 valence electrons. The molecule has 1 N–H and O–H groups in total. The van der Waals surface area contributed by atoms with Crippen LogP contribution in [0.4, 0.5) is 23.1 Å². The highest BCUT2D eigenvalue weighted by Gasteiger charge is 2.37.